The Morgan fingerprint density at radius 1 is 1.16 bits per heavy atom. The molecule has 0 unspecified atom stereocenters. The zero-order valence-electron chi connectivity index (χ0n) is 16.9. The molecule has 31 heavy (non-hydrogen) atoms. The third-order valence-electron chi connectivity index (χ3n) is 5.30. The van der Waals surface area contributed by atoms with E-state index in [1.54, 1.807) is 42.6 Å². The first kappa shape index (κ1) is 20.9. The number of ether oxygens (including phenoxy) is 1. The van der Waals surface area contributed by atoms with E-state index in [1.165, 1.54) is 11.3 Å². The molecule has 4 rings (SSSR count). The van der Waals surface area contributed by atoms with Crippen molar-refractivity contribution in [3.63, 3.8) is 0 Å². The smallest absolute Gasteiger partial charge is 0.252 e. The van der Waals surface area contributed by atoms with Crippen LogP contribution in [0.1, 0.15) is 28.8 Å². The minimum atomic E-state index is -0.546. The third kappa shape index (κ3) is 5.03. The van der Waals surface area contributed by atoms with Crippen LogP contribution in [0.15, 0.2) is 54.0 Å². The highest BCUT2D eigenvalue weighted by atomic mass is 32.1. The van der Waals surface area contributed by atoms with Crippen LogP contribution in [-0.2, 0) is 11.2 Å². The predicted octanol–water partition coefficient (Wildman–Crippen LogP) is 3.23. The van der Waals surface area contributed by atoms with E-state index in [-0.39, 0.29) is 17.8 Å². The molecular formula is C23H23N3O4S. The molecule has 7 nitrogen and oxygen atoms in total. The van der Waals surface area contributed by atoms with Crippen molar-refractivity contribution >= 4 is 23.2 Å². The van der Waals surface area contributed by atoms with Gasteiger partial charge in [0.1, 0.15) is 22.6 Å². The van der Waals surface area contributed by atoms with Crippen molar-refractivity contribution in [3.05, 3.63) is 65.2 Å². The quantitative estimate of drug-likeness (QED) is 0.616. The summed E-state index contributed by atoms with van der Waals surface area (Å²) in [5.41, 5.74) is 7.61. The number of carbonyl (C=O) groups is 2. The summed E-state index contributed by atoms with van der Waals surface area (Å²) in [6, 6.07) is 12.0. The van der Waals surface area contributed by atoms with Gasteiger partial charge in [0, 0.05) is 43.1 Å². The van der Waals surface area contributed by atoms with Crippen molar-refractivity contribution in [2.24, 2.45) is 5.73 Å². The first-order chi connectivity index (χ1) is 15.0. The van der Waals surface area contributed by atoms with Gasteiger partial charge < -0.3 is 20.5 Å². The van der Waals surface area contributed by atoms with Gasteiger partial charge in [0.05, 0.1) is 12.0 Å². The fourth-order valence-corrected chi connectivity index (χ4v) is 4.26. The minimum absolute atomic E-state index is 0.0507. The molecule has 3 aromatic rings. The fraction of sp³-hybridized carbons (Fsp3) is 0.261. The molecule has 0 aliphatic carbocycles. The number of phenols is 1. The fourth-order valence-electron chi connectivity index (χ4n) is 3.63. The molecule has 160 valence electrons. The first-order valence-electron chi connectivity index (χ1n) is 10.1. The van der Waals surface area contributed by atoms with Crippen molar-refractivity contribution in [1.29, 1.82) is 0 Å². The van der Waals surface area contributed by atoms with Crippen molar-refractivity contribution in [2.75, 3.05) is 13.1 Å². The van der Waals surface area contributed by atoms with E-state index in [0.29, 0.717) is 43.7 Å². The van der Waals surface area contributed by atoms with Crippen LogP contribution in [0, 0.1) is 0 Å². The molecule has 0 saturated carbocycles. The molecule has 0 spiro atoms. The number of benzene rings is 2. The zero-order chi connectivity index (χ0) is 21.8. The van der Waals surface area contributed by atoms with Crippen LogP contribution in [0.2, 0.25) is 0 Å². The van der Waals surface area contributed by atoms with E-state index < -0.39 is 5.91 Å². The number of phenolic OH excluding ortho intramolecular Hbond substituents is 1. The maximum atomic E-state index is 12.6. The maximum Gasteiger partial charge on any atom is 0.252 e. The molecule has 8 heteroatoms. The predicted molar refractivity (Wildman–Crippen MR) is 118 cm³/mol. The summed E-state index contributed by atoms with van der Waals surface area (Å²) >= 11 is 1.49. The topological polar surface area (TPSA) is 106 Å². The highest BCUT2D eigenvalue weighted by molar-refractivity contribution is 7.13. The molecule has 1 saturated heterocycles. The van der Waals surface area contributed by atoms with Gasteiger partial charge >= 0.3 is 0 Å². The van der Waals surface area contributed by atoms with E-state index in [0.717, 1.165) is 16.1 Å². The number of piperidine rings is 1. The lowest BCUT2D eigenvalue weighted by molar-refractivity contribution is -0.132. The van der Waals surface area contributed by atoms with Gasteiger partial charge in [0.2, 0.25) is 5.91 Å². The largest absolute Gasteiger partial charge is 0.508 e. The van der Waals surface area contributed by atoms with E-state index in [9.17, 15) is 14.7 Å². The Hall–Kier alpha value is -3.39. The zero-order valence-corrected chi connectivity index (χ0v) is 17.7. The number of nitrogens with two attached hydrogens (primary N) is 1. The lowest BCUT2D eigenvalue weighted by Crippen LogP contribution is -2.42. The van der Waals surface area contributed by atoms with Crippen molar-refractivity contribution in [1.82, 2.24) is 9.88 Å². The first-order valence-corrected chi connectivity index (χ1v) is 10.9. The second kappa shape index (κ2) is 9.18. The van der Waals surface area contributed by atoms with Crippen LogP contribution in [0.5, 0.6) is 11.5 Å². The number of amides is 2. The highest BCUT2D eigenvalue weighted by Crippen LogP contribution is 2.29. The Labute approximate surface area is 184 Å². The Kier molecular flexibility index (Phi) is 6.18. The number of primary amides is 1. The molecule has 0 radical (unpaired) electrons. The van der Waals surface area contributed by atoms with Gasteiger partial charge in [-0.3, -0.25) is 9.59 Å². The van der Waals surface area contributed by atoms with E-state index >= 15 is 0 Å². The van der Waals surface area contributed by atoms with Gasteiger partial charge in [-0.1, -0.05) is 12.1 Å². The number of hydrogen-bond acceptors (Lipinski definition) is 6. The third-order valence-corrected chi connectivity index (χ3v) is 6.13. The number of hydrogen-bond donors (Lipinski definition) is 2. The van der Waals surface area contributed by atoms with Crippen molar-refractivity contribution < 1.29 is 19.4 Å². The lowest BCUT2D eigenvalue weighted by Gasteiger charge is -2.32. The summed E-state index contributed by atoms with van der Waals surface area (Å²) < 4.78 is 6.10. The van der Waals surface area contributed by atoms with E-state index in [2.05, 4.69) is 4.98 Å². The average Bonchev–Trinajstić information content (AvgIpc) is 3.31. The number of rotatable bonds is 6. The number of aromatic nitrogens is 1. The van der Waals surface area contributed by atoms with E-state index in [4.69, 9.17) is 10.5 Å². The van der Waals surface area contributed by atoms with Crippen LogP contribution in [0.3, 0.4) is 0 Å². The van der Waals surface area contributed by atoms with Gasteiger partial charge in [0.25, 0.3) is 5.91 Å². The normalized spacial score (nSPS) is 14.4. The van der Waals surface area contributed by atoms with Gasteiger partial charge in [-0.05, 0) is 35.9 Å². The number of nitrogens with zero attached hydrogens (tertiary/aromatic N) is 2. The van der Waals surface area contributed by atoms with Gasteiger partial charge in [-0.25, -0.2) is 4.98 Å². The molecule has 2 aromatic carbocycles. The van der Waals surface area contributed by atoms with Crippen molar-refractivity contribution in [2.45, 2.75) is 25.4 Å². The minimum Gasteiger partial charge on any atom is -0.508 e. The highest BCUT2D eigenvalue weighted by Gasteiger charge is 2.25. The van der Waals surface area contributed by atoms with Gasteiger partial charge in [0.15, 0.2) is 0 Å². The summed E-state index contributed by atoms with van der Waals surface area (Å²) in [5, 5.41) is 12.1. The van der Waals surface area contributed by atoms with Crippen LogP contribution < -0.4 is 10.5 Å². The standard InChI is InChI=1S/C23H23N3O4S/c24-22(29)19-14-16(23-25-9-12-31-23)3-6-20(19)30-18-7-10-26(11-8-18)21(28)13-15-1-4-17(27)5-2-15/h1-6,9,12,14,18,27H,7-8,10-11,13H2,(H2,24,29). The van der Waals surface area contributed by atoms with Crippen LogP contribution in [0.4, 0.5) is 0 Å². The molecule has 0 atom stereocenters. The van der Waals surface area contributed by atoms with Crippen LogP contribution in [-0.4, -0.2) is 46.0 Å². The second-order valence-corrected chi connectivity index (χ2v) is 8.35. The summed E-state index contributed by atoms with van der Waals surface area (Å²) in [5.74, 6) is 0.149. The number of carbonyl (C=O) groups excluding carboxylic acids is 2. The Morgan fingerprint density at radius 2 is 1.90 bits per heavy atom. The number of thiazole rings is 1. The second-order valence-electron chi connectivity index (χ2n) is 7.45. The van der Waals surface area contributed by atoms with Gasteiger partial charge in [-0.2, -0.15) is 0 Å². The number of aromatic hydroxyl groups is 1. The molecule has 1 aromatic heterocycles. The summed E-state index contributed by atoms with van der Waals surface area (Å²) in [6.07, 6.45) is 3.27. The molecule has 2 amide bonds. The Bertz CT molecular complexity index is 1060. The molecule has 1 aliphatic heterocycles. The lowest BCUT2D eigenvalue weighted by atomic mass is 10.0. The SMILES string of the molecule is NC(=O)c1cc(-c2nccs2)ccc1OC1CCN(C(=O)Cc2ccc(O)cc2)CC1. The molecule has 1 fully saturated rings. The Morgan fingerprint density at radius 3 is 2.55 bits per heavy atom. The molecule has 3 N–H and O–H groups in total. The summed E-state index contributed by atoms with van der Waals surface area (Å²) in [4.78, 5) is 30.6. The monoisotopic (exact) mass is 437 g/mol. The summed E-state index contributed by atoms with van der Waals surface area (Å²) in [7, 11) is 0. The average molecular weight is 438 g/mol. The molecule has 0 bridgehead atoms. The summed E-state index contributed by atoms with van der Waals surface area (Å²) in [6.45, 7) is 1.18. The van der Waals surface area contributed by atoms with E-state index in [1.807, 2.05) is 16.3 Å². The van der Waals surface area contributed by atoms with Crippen LogP contribution >= 0.6 is 11.3 Å². The number of likely N-dealkylation sites (tertiary alicyclic amines) is 1. The molecule has 1 aliphatic rings. The van der Waals surface area contributed by atoms with Crippen LogP contribution in [0.25, 0.3) is 10.6 Å². The van der Waals surface area contributed by atoms with Crippen molar-refractivity contribution in [3.8, 4) is 22.1 Å². The van der Waals surface area contributed by atoms with Gasteiger partial charge in [-0.15, -0.1) is 11.3 Å². The molecular weight excluding hydrogens is 414 g/mol. The Balaban J connectivity index is 1.36. The maximum absolute atomic E-state index is 12.6. The molecule has 2 heterocycles.